The van der Waals surface area contributed by atoms with Crippen LogP contribution in [0.2, 0.25) is 5.02 Å². The monoisotopic (exact) mass is 458 g/mol. The predicted molar refractivity (Wildman–Crippen MR) is 131 cm³/mol. The summed E-state index contributed by atoms with van der Waals surface area (Å²) in [7, 11) is 1.65. The number of benzene rings is 3. The van der Waals surface area contributed by atoms with Crippen molar-refractivity contribution in [3.8, 4) is 16.9 Å². The van der Waals surface area contributed by atoms with Crippen LogP contribution in [0.5, 0.6) is 5.75 Å². The molecule has 2 heterocycles. The summed E-state index contributed by atoms with van der Waals surface area (Å²) in [6, 6.07) is 22.1. The van der Waals surface area contributed by atoms with Gasteiger partial charge in [-0.05, 0) is 59.7 Å². The summed E-state index contributed by atoms with van der Waals surface area (Å²) in [6.07, 6.45) is 3.16. The molecule has 1 aliphatic heterocycles. The van der Waals surface area contributed by atoms with Gasteiger partial charge in [-0.25, -0.2) is 9.38 Å². The standard InChI is InChI=1S/C26H20ClFN4O/c1-33-20-6-2-4-16(12-20)17-7-9-23-21(13-17)26(31-24-10-8-19(28)14-22(24)27)32-25(30-23)18-5-3-11-29-15-18/h2-15,25,30H,1H3,(H,31,32). The maximum absolute atomic E-state index is 13.6. The number of hydrogen-bond donors (Lipinski definition) is 2. The van der Waals surface area contributed by atoms with E-state index >= 15 is 0 Å². The fraction of sp³-hybridized carbons (Fsp3) is 0.0769. The lowest BCUT2D eigenvalue weighted by Gasteiger charge is -2.27. The van der Waals surface area contributed by atoms with Gasteiger partial charge in [-0.2, -0.15) is 0 Å². The molecule has 0 saturated heterocycles. The van der Waals surface area contributed by atoms with Crippen molar-refractivity contribution in [2.45, 2.75) is 6.17 Å². The fourth-order valence-corrected chi connectivity index (χ4v) is 3.95. The molecule has 1 unspecified atom stereocenters. The number of fused-ring (bicyclic) bond motifs is 1. The number of pyridine rings is 1. The summed E-state index contributed by atoms with van der Waals surface area (Å²) in [5.41, 5.74) is 5.30. The summed E-state index contributed by atoms with van der Waals surface area (Å²) in [5, 5.41) is 7.05. The van der Waals surface area contributed by atoms with Crippen LogP contribution in [0.3, 0.4) is 0 Å². The molecule has 1 aliphatic rings. The number of aromatic nitrogens is 1. The molecule has 0 radical (unpaired) electrons. The third kappa shape index (κ3) is 4.38. The number of amidine groups is 1. The second-order valence-corrected chi connectivity index (χ2v) is 7.96. The Kier molecular flexibility index (Phi) is 5.67. The van der Waals surface area contributed by atoms with Gasteiger partial charge in [0.05, 0.1) is 17.8 Å². The molecule has 5 nitrogen and oxygen atoms in total. The largest absolute Gasteiger partial charge is 0.497 e. The van der Waals surface area contributed by atoms with E-state index in [1.807, 2.05) is 42.5 Å². The van der Waals surface area contributed by atoms with E-state index in [-0.39, 0.29) is 11.2 Å². The molecule has 0 saturated carbocycles. The van der Waals surface area contributed by atoms with Crippen LogP contribution in [0.4, 0.5) is 15.8 Å². The highest BCUT2D eigenvalue weighted by molar-refractivity contribution is 6.34. The van der Waals surface area contributed by atoms with Crippen molar-refractivity contribution in [2.24, 2.45) is 4.99 Å². The second-order valence-electron chi connectivity index (χ2n) is 7.55. The van der Waals surface area contributed by atoms with Crippen LogP contribution in [0, 0.1) is 5.82 Å². The molecule has 0 spiro atoms. The van der Waals surface area contributed by atoms with Crippen molar-refractivity contribution in [1.29, 1.82) is 0 Å². The summed E-state index contributed by atoms with van der Waals surface area (Å²) < 4.78 is 19.0. The predicted octanol–water partition coefficient (Wildman–Crippen LogP) is 6.53. The third-order valence-electron chi connectivity index (χ3n) is 5.41. The highest BCUT2D eigenvalue weighted by Crippen LogP contribution is 2.35. The molecule has 2 N–H and O–H groups in total. The van der Waals surface area contributed by atoms with Crippen LogP contribution in [-0.4, -0.2) is 17.9 Å². The number of halogens is 2. The first-order chi connectivity index (χ1) is 16.1. The van der Waals surface area contributed by atoms with E-state index in [1.165, 1.54) is 12.1 Å². The van der Waals surface area contributed by atoms with E-state index < -0.39 is 5.82 Å². The maximum Gasteiger partial charge on any atom is 0.148 e. The van der Waals surface area contributed by atoms with Gasteiger partial charge in [0.2, 0.25) is 0 Å². The smallest absolute Gasteiger partial charge is 0.148 e. The lowest BCUT2D eigenvalue weighted by molar-refractivity contribution is 0.415. The first kappa shape index (κ1) is 21.0. The minimum absolute atomic E-state index is 0.277. The average Bonchev–Trinajstić information content (AvgIpc) is 2.86. The minimum atomic E-state index is -0.397. The first-order valence-corrected chi connectivity index (χ1v) is 10.7. The number of nitrogens with one attached hydrogen (secondary N) is 2. The minimum Gasteiger partial charge on any atom is -0.497 e. The van der Waals surface area contributed by atoms with Gasteiger partial charge >= 0.3 is 0 Å². The Labute approximate surface area is 195 Å². The highest BCUT2D eigenvalue weighted by Gasteiger charge is 2.23. The van der Waals surface area contributed by atoms with E-state index in [9.17, 15) is 4.39 Å². The van der Waals surface area contributed by atoms with Crippen LogP contribution >= 0.6 is 11.6 Å². The van der Waals surface area contributed by atoms with Crippen molar-refractivity contribution in [3.63, 3.8) is 0 Å². The van der Waals surface area contributed by atoms with E-state index in [1.54, 1.807) is 25.6 Å². The van der Waals surface area contributed by atoms with E-state index in [0.717, 1.165) is 33.7 Å². The quantitative estimate of drug-likeness (QED) is 0.365. The fourth-order valence-electron chi connectivity index (χ4n) is 3.74. The Morgan fingerprint density at radius 2 is 1.88 bits per heavy atom. The van der Waals surface area contributed by atoms with Crippen LogP contribution in [0.1, 0.15) is 17.3 Å². The number of rotatable bonds is 4. The van der Waals surface area contributed by atoms with Gasteiger partial charge in [0.15, 0.2) is 0 Å². The third-order valence-corrected chi connectivity index (χ3v) is 5.73. The Morgan fingerprint density at radius 1 is 1.00 bits per heavy atom. The molecule has 4 aromatic rings. The summed E-state index contributed by atoms with van der Waals surface area (Å²) in [4.78, 5) is 9.11. The molecule has 0 bridgehead atoms. The Hall–Kier alpha value is -3.90. The van der Waals surface area contributed by atoms with Gasteiger partial charge in [0, 0.05) is 29.2 Å². The Morgan fingerprint density at radius 3 is 2.67 bits per heavy atom. The molecule has 33 heavy (non-hydrogen) atoms. The molecule has 0 fully saturated rings. The summed E-state index contributed by atoms with van der Waals surface area (Å²) in [5.74, 6) is 1.01. The van der Waals surface area contributed by atoms with Crippen LogP contribution in [0.15, 0.2) is 90.2 Å². The van der Waals surface area contributed by atoms with Crippen molar-refractivity contribution in [1.82, 2.24) is 4.98 Å². The molecular formula is C26H20ClFN4O. The van der Waals surface area contributed by atoms with E-state index in [4.69, 9.17) is 21.3 Å². The first-order valence-electron chi connectivity index (χ1n) is 10.4. The average molecular weight is 459 g/mol. The molecular weight excluding hydrogens is 439 g/mol. The molecule has 0 amide bonds. The van der Waals surface area contributed by atoms with E-state index in [2.05, 4.69) is 27.8 Å². The number of methoxy groups -OCH3 is 1. The SMILES string of the molecule is COc1cccc(-c2ccc3c(c2)C(Nc2ccc(F)cc2Cl)=NC(c2cccnc2)N3)c1. The zero-order chi connectivity index (χ0) is 22.8. The van der Waals surface area contributed by atoms with Crippen molar-refractivity contribution < 1.29 is 9.13 Å². The summed E-state index contributed by atoms with van der Waals surface area (Å²) >= 11 is 6.29. The van der Waals surface area contributed by atoms with Crippen molar-refractivity contribution in [2.75, 3.05) is 17.7 Å². The lowest BCUT2D eigenvalue weighted by Crippen LogP contribution is -2.25. The number of anilines is 2. The topological polar surface area (TPSA) is 58.5 Å². The van der Waals surface area contributed by atoms with Crippen molar-refractivity contribution in [3.05, 3.63) is 107 Å². The van der Waals surface area contributed by atoms with Crippen LogP contribution in [0.25, 0.3) is 11.1 Å². The van der Waals surface area contributed by atoms with Gasteiger partial charge < -0.3 is 15.4 Å². The molecule has 0 aliphatic carbocycles. The number of aliphatic imine (C=N–C) groups is 1. The molecule has 3 aromatic carbocycles. The zero-order valence-corrected chi connectivity index (χ0v) is 18.5. The Balaban J connectivity index is 1.59. The van der Waals surface area contributed by atoms with E-state index in [0.29, 0.717) is 11.5 Å². The van der Waals surface area contributed by atoms with Crippen molar-refractivity contribution >= 4 is 28.8 Å². The number of hydrogen-bond acceptors (Lipinski definition) is 5. The van der Waals surface area contributed by atoms with Gasteiger partial charge in [0.1, 0.15) is 23.6 Å². The number of ether oxygens (including phenoxy) is 1. The van der Waals surface area contributed by atoms with Gasteiger partial charge in [-0.15, -0.1) is 0 Å². The molecule has 1 atom stereocenters. The molecule has 1 aromatic heterocycles. The molecule has 164 valence electrons. The summed E-state index contributed by atoms with van der Waals surface area (Å²) in [6.45, 7) is 0. The van der Waals surface area contributed by atoms with Gasteiger partial charge in [0.25, 0.3) is 0 Å². The molecule has 7 heteroatoms. The Bertz CT molecular complexity index is 1340. The zero-order valence-electron chi connectivity index (χ0n) is 17.7. The highest BCUT2D eigenvalue weighted by atomic mass is 35.5. The van der Waals surface area contributed by atoms with Gasteiger partial charge in [-0.1, -0.05) is 35.9 Å². The van der Waals surface area contributed by atoms with Gasteiger partial charge in [-0.3, -0.25) is 4.98 Å². The van der Waals surface area contributed by atoms with Crippen LogP contribution in [-0.2, 0) is 0 Å². The second kappa shape index (κ2) is 8.92. The maximum atomic E-state index is 13.6. The number of nitrogens with zero attached hydrogens (tertiary/aromatic N) is 2. The lowest BCUT2D eigenvalue weighted by atomic mass is 9.99. The normalized spacial score (nSPS) is 14.6. The molecule has 5 rings (SSSR count). The van der Waals surface area contributed by atoms with Crippen LogP contribution < -0.4 is 15.4 Å².